The van der Waals surface area contributed by atoms with Crippen LogP contribution in [-0.2, 0) is 33.4 Å². The Morgan fingerprint density at radius 3 is 2.33 bits per heavy atom. The van der Waals surface area contributed by atoms with Crippen LogP contribution in [0.3, 0.4) is 0 Å². The fraction of sp³-hybridized carbons (Fsp3) is 0.594. The van der Waals surface area contributed by atoms with Crippen molar-refractivity contribution in [3.05, 3.63) is 47.0 Å². The van der Waals surface area contributed by atoms with Crippen molar-refractivity contribution >= 4 is 29.3 Å². The summed E-state index contributed by atoms with van der Waals surface area (Å²) >= 11 is 0. The molecule has 2 fully saturated rings. The number of nitrogens with zero attached hydrogens (tertiary/aromatic N) is 1. The van der Waals surface area contributed by atoms with Gasteiger partial charge in [0.25, 0.3) is 0 Å². The number of amides is 3. The highest BCUT2D eigenvalue weighted by Crippen LogP contribution is 2.31. The molecule has 246 valence electrons. The normalized spacial score (nSPS) is 22.4. The van der Waals surface area contributed by atoms with E-state index in [2.05, 4.69) is 22.0 Å². The fourth-order valence-corrected chi connectivity index (χ4v) is 5.43. The number of aliphatic hydroxyl groups is 1. The summed E-state index contributed by atoms with van der Waals surface area (Å²) in [5.41, 5.74) is 0.653. The predicted molar refractivity (Wildman–Crippen MR) is 162 cm³/mol. The lowest BCUT2D eigenvalue weighted by Crippen LogP contribution is -2.58. The third-order valence-electron chi connectivity index (χ3n) is 8.32. The van der Waals surface area contributed by atoms with E-state index in [0.29, 0.717) is 38.3 Å². The molecule has 0 unspecified atom stereocenters. The summed E-state index contributed by atoms with van der Waals surface area (Å²) in [6, 6.07) is 2.47. The predicted octanol–water partition coefficient (Wildman–Crippen LogP) is 0.214. The van der Waals surface area contributed by atoms with Gasteiger partial charge < -0.3 is 35.3 Å². The van der Waals surface area contributed by atoms with Crippen LogP contribution in [0.2, 0.25) is 0 Å². The Morgan fingerprint density at radius 1 is 1.04 bits per heavy atom. The summed E-state index contributed by atoms with van der Waals surface area (Å²) in [4.78, 5) is 67.2. The van der Waals surface area contributed by atoms with Crippen molar-refractivity contribution in [1.82, 2.24) is 20.9 Å². The third-order valence-corrected chi connectivity index (χ3v) is 8.32. The Morgan fingerprint density at radius 2 is 1.73 bits per heavy atom. The number of Topliss-reactive ketones (excluding diaryl/α,β-unsaturated/α-hetero) is 2. The fourth-order valence-electron chi connectivity index (χ4n) is 5.43. The molecule has 1 aromatic carbocycles. The molecule has 0 saturated carbocycles. The van der Waals surface area contributed by atoms with Crippen LogP contribution in [0, 0.1) is 0 Å². The summed E-state index contributed by atoms with van der Waals surface area (Å²) < 4.78 is 15.6. The Hall–Kier alpha value is -3.49. The zero-order valence-corrected chi connectivity index (χ0v) is 26.1. The largest absolute Gasteiger partial charge is 0.386 e. The molecule has 4 N–H and O–H groups in total. The topological polar surface area (TPSA) is 176 Å². The minimum absolute atomic E-state index is 0.0855. The maximum atomic E-state index is 13.8. The number of morpholine rings is 1. The molecule has 1 aliphatic carbocycles. The van der Waals surface area contributed by atoms with Gasteiger partial charge >= 0.3 is 0 Å². The molecule has 0 spiro atoms. The molecule has 0 aromatic heterocycles. The first-order valence-electron chi connectivity index (χ1n) is 15.4. The van der Waals surface area contributed by atoms with Crippen molar-refractivity contribution in [3.8, 4) is 0 Å². The lowest BCUT2D eigenvalue weighted by molar-refractivity contribution is -0.136. The number of rotatable bonds is 16. The molecule has 4 rings (SSSR count). The molecule has 2 aliphatic heterocycles. The highest BCUT2D eigenvalue weighted by atomic mass is 16.6. The summed E-state index contributed by atoms with van der Waals surface area (Å²) in [6.45, 7) is 5.59. The standard InChI is InChI=1S/C32H44N4O9/c1-20(33-26(38)17-36-12-14-44-15-13-36)30(41)35-27(28(39)23-10-8-22(9-11-23)25(37)18-43-3)31(42)34-24(16-21-6-4-5-7-21)29(40)32(2)19-45-32/h6,8-11,20,24,27-28,39H,4-5,7,12-19H2,1-3H3,(H,33,38)(H,34,42)(H,35,41)/t20-,24-,27-,28+,32+/m0/s1. The molecular formula is C32H44N4O9. The van der Waals surface area contributed by atoms with Crippen molar-refractivity contribution in [2.45, 2.75) is 69.4 Å². The molecule has 2 saturated heterocycles. The number of benzene rings is 1. The molecule has 5 atom stereocenters. The number of aliphatic hydroxyl groups excluding tert-OH is 1. The molecule has 3 amide bonds. The molecule has 0 bridgehead atoms. The summed E-state index contributed by atoms with van der Waals surface area (Å²) in [5.74, 6) is -2.39. The second-order valence-electron chi connectivity index (χ2n) is 12.0. The average Bonchev–Trinajstić information content (AvgIpc) is 3.57. The molecule has 45 heavy (non-hydrogen) atoms. The van der Waals surface area contributed by atoms with Gasteiger partial charge in [-0.15, -0.1) is 0 Å². The van der Waals surface area contributed by atoms with Gasteiger partial charge in [-0.1, -0.05) is 35.9 Å². The number of allylic oxidation sites excluding steroid dienone is 1. The highest BCUT2D eigenvalue weighted by Gasteiger charge is 2.50. The first kappa shape index (κ1) is 34.4. The van der Waals surface area contributed by atoms with Gasteiger partial charge in [-0.3, -0.25) is 28.9 Å². The number of hydrogen-bond acceptors (Lipinski definition) is 10. The zero-order valence-electron chi connectivity index (χ0n) is 26.1. The lowest BCUT2D eigenvalue weighted by atomic mass is 9.93. The third kappa shape index (κ3) is 9.50. The maximum absolute atomic E-state index is 13.8. The van der Waals surface area contributed by atoms with Crippen molar-refractivity contribution in [3.63, 3.8) is 0 Å². The quantitative estimate of drug-likeness (QED) is 0.113. The van der Waals surface area contributed by atoms with E-state index in [0.717, 1.165) is 24.8 Å². The van der Waals surface area contributed by atoms with Gasteiger partial charge in [-0.25, -0.2) is 0 Å². The number of epoxide rings is 1. The van der Waals surface area contributed by atoms with Gasteiger partial charge in [0, 0.05) is 25.8 Å². The number of carbonyl (C=O) groups is 5. The molecule has 13 nitrogen and oxygen atoms in total. The number of ketones is 2. The smallest absolute Gasteiger partial charge is 0.246 e. The van der Waals surface area contributed by atoms with Gasteiger partial charge in [0.2, 0.25) is 17.7 Å². The summed E-state index contributed by atoms with van der Waals surface area (Å²) in [7, 11) is 1.41. The first-order valence-corrected chi connectivity index (χ1v) is 15.4. The second-order valence-corrected chi connectivity index (χ2v) is 12.0. The van der Waals surface area contributed by atoms with Crippen molar-refractivity contribution < 1.29 is 43.3 Å². The van der Waals surface area contributed by atoms with E-state index in [1.54, 1.807) is 6.92 Å². The molecule has 1 aromatic rings. The number of nitrogens with one attached hydrogen (secondary N) is 3. The Labute approximate surface area is 263 Å². The van der Waals surface area contributed by atoms with Crippen LogP contribution in [0.4, 0.5) is 0 Å². The maximum Gasteiger partial charge on any atom is 0.246 e. The Balaban J connectivity index is 1.51. The van der Waals surface area contributed by atoms with Crippen LogP contribution in [0.5, 0.6) is 0 Å². The van der Waals surface area contributed by atoms with Crippen LogP contribution in [-0.4, -0.2) is 116 Å². The van der Waals surface area contributed by atoms with Crippen LogP contribution >= 0.6 is 0 Å². The van der Waals surface area contributed by atoms with Gasteiger partial charge in [-0.2, -0.15) is 0 Å². The van der Waals surface area contributed by atoms with E-state index in [-0.39, 0.29) is 42.8 Å². The van der Waals surface area contributed by atoms with Crippen LogP contribution in [0.25, 0.3) is 0 Å². The van der Waals surface area contributed by atoms with E-state index in [9.17, 15) is 29.1 Å². The molecule has 0 radical (unpaired) electrons. The minimum atomic E-state index is -1.55. The number of ether oxygens (including phenoxy) is 3. The lowest BCUT2D eigenvalue weighted by Gasteiger charge is -2.29. The molecular weight excluding hydrogens is 584 g/mol. The van der Waals surface area contributed by atoms with Crippen LogP contribution in [0.15, 0.2) is 35.9 Å². The highest BCUT2D eigenvalue weighted by molar-refractivity contribution is 5.99. The zero-order chi connectivity index (χ0) is 32.6. The number of methoxy groups -OCH3 is 1. The monoisotopic (exact) mass is 628 g/mol. The number of carbonyl (C=O) groups excluding carboxylic acids is 5. The molecule has 2 heterocycles. The van der Waals surface area contributed by atoms with Crippen LogP contribution in [0.1, 0.15) is 61.6 Å². The van der Waals surface area contributed by atoms with Crippen LogP contribution < -0.4 is 16.0 Å². The molecule has 3 aliphatic rings. The Kier molecular flexibility index (Phi) is 12.0. The van der Waals surface area contributed by atoms with E-state index < -0.39 is 41.6 Å². The van der Waals surface area contributed by atoms with E-state index in [1.807, 2.05) is 4.90 Å². The van der Waals surface area contributed by atoms with Gasteiger partial charge in [0.1, 0.15) is 30.4 Å². The van der Waals surface area contributed by atoms with E-state index in [4.69, 9.17) is 14.2 Å². The Bertz CT molecular complexity index is 1270. The van der Waals surface area contributed by atoms with Gasteiger partial charge in [0.05, 0.1) is 32.4 Å². The van der Waals surface area contributed by atoms with Crippen molar-refractivity contribution in [1.29, 1.82) is 0 Å². The van der Waals surface area contributed by atoms with Crippen molar-refractivity contribution in [2.24, 2.45) is 0 Å². The van der Waals surface area contributed by atoms with Gasteiger partial charge in [-0.05, 0) is 45.1 Å². The molecule has 13 heteroatoms. The minimum Gasteiger partial charge on any atom is -0.386 e. The van der Waals surface area contributed by atoms with Gasteiger partial charge in [0.15, 0.2) is 11.6 Å². The first-order chi connectivity index (χ1) is 21.5. The van der Waals surface area contributed by atoms with Crippen molar-refractivity contribution in [2.75, 3.05) is 53.2 Å². The summed E-state index contributed by atoms with van der Waals surface area (Å²) in [5, 5.41) is 19.4. The average molecular weight is 629 g/mol. The second kappa shape index (κ2) is 15.7. The SMILES string of the molecule is COCC(=O)c1ccc([C@@H](O)[C@H](NC(=O)[C@H](C)NC(=O)CN2CCOCC2)C(=O)N[C@@H](CC2=CCCC2)C(=O)[C@@]2(C)CO2)cc1. The van der Waals surface area contributed by atoms with E-state index in [1.165, 1.54) is 38.3 Å². The number of hydrogen-bond donors (Lipinski definition) is 4. The van der Waals surface area contributed by atoms with E-state index >= 15 is 0 Å². The summed E-state index contributed by atoms with van der Waals surface area (Å²) in [6.07, 6.45) is 3.48.